The third-order valence-electron chi connectivity index (χ3n) is 3.44. The summed E-state index contributed by atoms with van der Waals surface area (Å²) >= 11 is 0. The van der Waals surface area contributed by atoms with Crippen LogP contribution >= 0.6 is 0 Å². The minimum Gasteiger partial charge on any atom is -0.504 e. The predicted octanol–water partition coefficient (Wildman–Crippen LogP) is 4.72. The number of benzene rings is 2. The highest BCUT2D eigenvalue weighted by atomic mass is 19.1. The summed E-state index contributed by atoms with van der Waals surface area (Å²) < 4.78 is 19.4. The van der Waals surface area contributed by atoms with Gasteiger partial charge in [-0.3, -0.25) is 0 Å². The van der Waals surface area contributed by atoms with Crippen molar-refractivity contribution < 1.29 is 14.2 Å². The standard InChI is InChI=1S/C20H18FNO2/c1-3-7-15-10-14(12-19(20(15)23)24-4-2)11-16(13-22)17-8-5-6-9-18(17)21/h3,5-6,8-12,23H,1,4,7H2,2H3/b16-11-. The summed E-state index contributed by atoms with van der Waals surface area (Å²) in [5.41, 5.74) is 1.71. The van der Waals surface area contributed by atoms with Gasteiger partial charge in [0.1, 0.15) is 5.82 Å². The molecule has 0 fully saturated rings. The van der Waals surface area contributed by atoms with E-state index in [-0.39, 0.29) is 16.9 Å². The Balaban J connectivity index is 2.56. The lowest BCUT2D eigenvalue weighted by Crippen LogP contribution is -1.96. The minimum absolute atomic E-state index is 0.0540. The van der Waals surface area contributed by atoms with Crippen LogP contribution in [0.3, 0.4) is 0 Å². The Kier molecular flexibility index (Phi) is 5.75. The Morgan fingerprint density at radius 3 is 2.75 bits per heavy atom. The molecular formula is C20H18FNO2. The number of halogens is 1. The van der Waals surface area contributed by atoms with E-state index >= 15 is 0 Å². The monoisotopic (exact) mass is 323 g/mol. The number of nitriles is 1. The highest BCUT2D eigenvalue weighted by Gasteiger charge is 2.12. The van der Waals surface area contributed by atoms with Gasteiger partial charge in [-0.05, 0) is 43.2 Å². The molecule has 0 aliphatic heterocycles. The highest BCUT2D eigenvalue weighted by Crippen LogP contribution is 2.34. The lowest BCUT2D eigenvalue weighted by molar-refractivity contribution is 0.317. The van der Waals surface area contributed by atoms with Crippen molar-refractivity contribution in [2.24, 2.45) is 0 Å². The van der Waals surface area contributed by atoms with Crippen molar-refractivity contribution in [2.45, 2.75) is 13.3 Å². The van der Waals surface area contributed by atoms with E-state index in [2.05, 4.69) is 6.58 Å². The third-order valence-corrected chi connectivity index (χ3v) is 3.44. The van der Waals surface area contributed by atoms with Gasteiger partial charge in [0.25, 0.3) is 0 Å². The van der Waals surface area contributed by atoms with Crippen LogP contribution in [-0.2, 0) is 6.42 Å². The molecule has 0 aliphatic rings. The lowest BCUT2D eigenvalue weighted by Gasteiger charge is -2.11. The molecule has 2 aromatic carbocycles. The second-order valence-corrected chi connectivity index (χ2v) is 5.10. The van der Waals surface area contributed by atoms with Crippen molar-refractivity contribution in [3.05, 3.63) is 71.6 Å². The maximum Gasteiger partial charge on any atom is 0.161 e. The second-order valence-electron chi connectivity index (χ2n) is 5.10. The predicted molar refractivity (Wildman–Crippen MR) is 93.1 cm³/mol. The van der Waals surface area contributed by atoms with Gasteiger partial charge >= 0.3 is 0 Å². The molecule has 4 heteroatoms. The van der Waals surface area contributed by atoms with E-state index in [0.29, 0.717) is 29.9 Å². The van der Waals surface area contributed by atoms with E-state index in [1.807, 2.05) is 13.0 Å². The first-order valence-corrected chi connectivity index (χ1v) is 7.57. The van der Waals surface area contributed by atoms with Crippen LogP contribution in [0, 0.1) is 17.1 Å². The molecule has 0 saturated carbocycles. The Labute approximate surface area is 140 Å². The number of hydrogen-bond donors (Lipinski definition) is 1. The molecule has 3 nitrogen and oxygen atoms in total. The van der Waals surface area contributed by atoms with Crippen LogP contribution in [0.15, 0.2) is 49.1 Å². The van der Waals surface area contributed by atoms with Gasteiger partial charge in [0, 0.05) is 11.1 Å². The zero-order chi connectivity index (χ0) is 17.5. The zero-order valence-electron chi connectivity index (χ0n) is 13.4. The molecule has 0 amide bonds. The molecule has 0 atom stereocenters. The summed E-state index contributed by atoms with van der Waals surface area (Å²) in [6.07, 6.45) is 3.70. The molecule has 0 aliphatic carbocycles. The second kappa shape index (κ2) is 7.98. The van der Waals surface area contributed by atoms with Crippen LogP contribution in [0.1, 0.15) is 23.6 Å². The Morgan fingerprint density at radius 2 is 2.12 bits per heavy atom. The molecule has 0 saturated heterocycles. The number of allylic oxidation sites excluding steroid dienone is 2. The molecule has 2 aromatic rings. The quantitative estimate of drug-likeness (QED) is 0.475. The maximum absolute atomic E-state index is 13.9. The molecule has 0 bridgehead atoms. The molecular weight excluding hydrogens is 305 g/mol. The van der Waals surface area contributed by atoms with Gasteiger partial charge in [0.05, 0.1) is 18.2 Å². The largest absolute Gasteiger partial charge is 0.504 e. The number of nitrogens with zero attached hydrogens (tertiary/aromatic N) is 1. The molecule has 1 N–H and O–H groups in total. The number of aromatic hydroxyl groups is 1. The number of phenols is 1. The van der Waals surface area contributed by atoms with Crippen LogP contribution in [0.5, 0.6) is 11.5 Å². The zero-order valence-corrected chi connectivity index (χ0v) is 13.4. The first kappa shape index (κ1) is 17.3. The van der Waals surface area contributed by atoms with Gasteiger partial charge in [0.15, 0.2) is 11.5 Å². The van der Waals surface area contributed by atoms with Crippen LogP contribution in [-0.4, -0.2) is 11.7 Å². The molecule has 122 valence electrons. The first-order chi connectivity index (χ1) is 11.6. The molecule has 0 spiro atoms. The molecule has 2 rings (SSSR count). The fourth-order valence-electron chi connectivity index (χ4n) is 2.37. The van der Waals surface area contributed by atoms with Crippen LogP contribution in [0.25, 0.3) is 11.6 Å². The summed E-state index contributed by atoms with van der Waals surface area (Å²) in [6, 6.07) is 11.5. The average molecular weight is 323 g/mol. The summed E-state index contributed by atoms with van der Waals surface area (Å²) in [5.74, 6) is -0.0763. The summed E-state index contributed by atoms with van der Waals surface area (Å²) in [7, 11) is 0. The maximum atomic E-state index is 13.9. The van der Waals surface area contributed by atoms with E-state index < -0.39 is 5.82 Å². The van der Waals surface area contributed by atoms with Crippen molar-refractivity contribution in [1.82, 2.24) is 0 Å². The minimum atomic E-state index is -0.458. The van der Waals surface area contributed by atoms with Crippen molar-refractivity contribution in [3.8, 4) is 17.6 Å². The summed E-state index contributed by atoms with van der Waals surface area (Å²) in [4.78, 5) is 0. The smallest absolute Gasteiger partial charge is 0.161 e. The average Bonchev–Trinajstić information content (AvgIpc) is 2.58. The number of phenolic OH excluding ortho intramolecular Hbond substituents is 1. The molecule has 0 heterocycles. The normalized spacial score (nSPS) is 11.0. The van der Waals surface area contributed by atoms with Gasteiger partial charge in [0.2, 0.25) is 0 Å². The Hall–Kier alpha value is -3.06. The SMILES string of the molecule is C=CCc1cc(/C=C(/C#N)c2ccccc2F)cc(OCC)c1O. The molecule has 0 radical (unpaired) electrons. The van der Waals surface area contributed by atoms with E-state index in [9.17, 15) is 14.8 Å². The van der Waals surface area contributed by atoms with Gasteiger partial charge in [-0.15, -0.1) is 6.58 Å². The number of hydrogen-bond acceptors (Lipinski definition) is 3. The van der Waals surface area contributed by atoms with Crippen LogP contribution < -0.4 is 4.74 Å². The number of rotatable bonds is 6. The highest BCUT2D eigenvalue weighted by molar-refractivity contribution is 5.90. The molecule has 0 unspecified atom stereocenters. The summed E-state index contributed by atoms with van der Waals surface area (Å²) in [5, 5.41) is 19.6. The van der Waals surface area contributed by atoms with Gasteiger partial charge in [-0.2, -0.15) is 5.26 Å². The van der Waals surface area contributed by atoms with E-state index in [1.54, 1.807) is 42.5 Å². The van der Waals surface area contributed by atoms with E-state index in [4.69, 9.17) is 4.74 Å². The Morgan fingerprint density at radius 1 is 1.38 bits per heavy atom. The van der Waals surface area contributed by atoms with Crippen molar-refractivity contribution in [3.63, 3.8) is 0 Å². The third kappa shape index (κ3) is 3.82. The molecule has 24 heavy (non-hydrogen) atoms. The van der Waals surface area contributed by atoms with Gasteiger partial charge < -0.3 is 9.84 Å². The van der Waals surface area contributed by atoms with Crippen molar-refractivity contribution in [2.75, 3.05) is 6.61 Å². The lowest BCUT2D eigenvalue weighted by atomic mass is 10.0. The van der Waals surface area contributed by atoms with Crippen molar-refractivity contribution in [1.29, 1.82) is 5.26 Å². The topological polar surface area (TPSA) is 53.2 Å². The van der Waals surface area contributed by atoms with E-state index in [0.717, 1.165) is 0 Å². The van der Waals surface area contributed by atoms with Crippen molar-refractivity contribution >= 4 is 11.6 Å². The van der Waals surface area contributed by atoms with Gasteiger partial charge in [-0.1, -0.05) is 24.3 Å². The Bertz CT molecular complexity index is 819. The van der Waals surface area contributed by atoms with Crippen LogP contribution in [0.4, 0.5) is 4.39 Å². The van der Waals surface area contributed by atoms with E-state index in [1.165, 1.54) is 6.07 Å². The molecule has 0 aromatic heterocycles. The fourth-order valence-corrected chi connectivity index (χ4v) is 2.37. The first-order valence-electron chi connectivity index (χ1n) is 7.57. The van der Waals surface area contributed by atoms with Crippen LogP contribution in [0.2, 0.25) is 0 Å². The fraction of sp³-hybridized carbons (Fsp3) is 0.150. The van der Waals surface area contributed by atoms with Gasteiger partial charge in [-0.25, -0.2) is 4.39 Å². The summed E-state index contributed by atoms with van der Waals surface area (Å²) in [6.45, 7) is 5.88. The number of ether oxygens (including phenoxy) is 1.